The van der Waals surface area contributed by atoms with Gasteiger partial charge in [-0.2, -0.15) is 0 Å². The Kier molecular flexibility index (Phi) is 2.66. The van der Waals surface area contributed by atoms with E-state index in [1.807, 2.05) is 6.07 Å². The van der Waals surface area contributed by atoms with Crippen molar-refractivity contribution in [3.8, 4) is 0 Å². The molecule has 3 heteroatoms. The highest BCUT2D eigenvalue weighted by Gasteiger charge is 2.22. The molecule has 1 aliphatic rings. The fourth-order valence-electron chi connectivity index (χ4n) is 1.81. The monoisotopic (exact) mass is 181 g/mol. The Hall–Kier alpha value is -0.800. The molecule has 1 aliphatic heterocycles. The number of hydrogen-bond donors (Lipinski definition) is 1. The molecule has 0 bridgehead atoms. The average Bonchev–Trinajstić information content (AvgIpc) is 2.71. The van der Waals surface area contributed by atoms with Gasteiger partial charge in [-0.1, -0.05) is 0 Å². The molecule has 1 aromatic heterocycles. The molecule has 2 N–H and O–H groups in total. The molecule has 0 aliphatic carbocycles. The van der Waals surface area contributed by atoms with E-state index in [2.05, 4.69) is 0 Å². The van der Waals surface area contributed by atoms with E-state index in [0.29, 0.717) is 5.92 Å². The SMILES string of the molecule is N[C@@H](c1ccoc1)C1CCOCC1. The van der Waals surface area contributed by atoms with Gasteiger partial charge >= 0.3 is 0 Å². The molecule has 0 amide bonds. The second kappa shape index (κ2) is 3.94. The van der Waals surface area contributed by atoms with Gasteiger partial charge in [0.15, 0.2) is 0 Å². The molecule has 2 heterocycles. The van der Waals surface area contributed by atoms with Crippen LogP contribution in [0, 0.1) is 5.92 Å². The van der Waals surface area contributed by atoms with Crippen LogP contribution in [-0.2, 0) is 4.74 Å². The molecule has 0 radical (unpaired) electrons. The van der Waals surface area contributed by atoms with Crippen LogP contribution in [0.4, 0.5) is 0 Å². The van der Waals surface area contributed by atoms with E-state index in [0.717, 1.165) is 31.6 Å². The largest absolute Gasteiger partial charge is 0.472 e. The van der Waals surface area contributed by atoms with Gasteiger partial charge in [0.05, 0.1) is 12.5 Å². The zero-order valence-corrected chi connectivity index (χ0v) is 7.61. The van der Waals surface area contributed by atoms with Gasteiger partial charge in [0.2, 0.25) is 0 Å². The summed E-state index contributed by atoms with van der Waals surface area (Å²) in [5.41, 5.74) is 7.20. The molecule has 1 fully saturated rings. The Morgan fingerprint density at radius 1 is 1.38 bits per heavy atom. The number of nitrogens with two attached hydrogens (primary N) is 1. The normalized spacial score (nSPS) is 21.6. The smallest absolute Gasteiger partial charge is 0.0950 e. The first-order valence-electron chi connectivity index (χ1n) is 4.73. The van der Waals surface area contributed by atoms with Crippen molar-refractivity contribution in [1.82, 2.24) is 0 Å². The van der Waals surface area contributed by atoms with Crippen molar-refractivity contribution < 1.29 is 9.15 Å². The molecule has 0 saturated carbocycles. The molecule has 13 heavy (non-hydrogen) atoms. The highest BCUT2D eigenvalue weighted by atomic mass is 16.5. The maximum absolute atomic E-state index is 6.10. The van der Waals surface area contributed by atoms with E-state index in [-0.39, 0.29) is 6.04 Å². The van der Waals surface area contributed by atoms with Crippen molar-refractivity contribution in [2.24, 2.45) is 11.7 Å². The predicted octanol–water partition coefficient (Wildman–Crippen LogP) is 1.71. The van der Waals surface area contributed by atoms with E-state index in [1.165, 1.54) is 0 Å². The Morgan fingerprint density at radius 2 is 2.15 bits per heavy atom. The van der Waals surface area contributed by atoms with Crippen LogP contribution >= 0.6 is 0 Å². The minimum Gasteiger partial charge on any atom is -0.472 e. The van der Waals surface area contributed by atoms with Gasteiger partial charge in [-0.15, -0.1) is 0 Å². The maximum atomic E-state index is 6.10. The Balaban J connectivity index is 1.99. The molecule has 3 nitrogen and oxygen atoms in total. The van der Waals surface area contributed by atoms with E-state index in [1.54, 1.807) is 12.5 Å². The molecule has 0 unspecified atom stereocenters. The van der Waals surface area contributed by atoms with Gasteiger partial charge in [-0.3, -0.25) is 0 Å². The quantitative estimate of drug-likeness (QED) is 0.755. The first-order valence-corrected chi connectivity index (χ1v) is 4.73. The molecule has 72 valence electrons. The van der Waals surface area contributed by atoms with Crippen LogP contribution < -0.4 is 5.73 Å². The van der Waals surface area contributed by atoms with Gasteiger partial charge in [-0.05, 0) is 24.8 Å². The van der Waals surface area contributed by atoms with Crippen molar-refractivity contribution in [3.05, 3.63) is 24.2 Å². The van der Waals surface area contributed by atoms with E-state index in [4.69, 9.17) is 14.9 Å². The Morgan fingerprint density at radius 3 is 2.77 bits per heavy atom. The van der Waals surface area contributed by atoms with Crippen LogP contribution in [0.3, 0.4) is 0 Å². The topological polar surface area (TPSA) is 48.4 Å². The fraction of sp³-hybridized carbons (Fsp3) is 0.600. The molecule has 0 aromatic carbocycles. The number of rotatable bonds is 2. The van der Waals surface area contributed by atoms with Crippen LogP contribution in [0.25, 0.3) is 0 Å². The van der Waals surface area contributed by atoms with Gasteiger partial charge in [0.25, 0.3) is 0 Å². The van der Waals surface area contributed by atoms with Crippen LogP contribution in [0.5, 0.6) is 0 Å². The third-order valence-electron chi connectivity index (χ3n) is 2.70. The van der Waals surface area contributed by atoms with Crippen LogP contribution in [-0.4, -0.2) is 13.2 Å². The Bertz CT molecular complexity index is 239. The lowest BCUT2D eigenvalue weighted by molar-refractivity contribution is 0.0583. The molecule has 1 aromatic rings. The van der Waals surface area contributed by atoms with Gasteiger partial charge in [0, 0.05) is 24.8 Å². The lowest BCUT2D eigenvalue weighted by Crippen LogP contribution is -2.27. The third kappa shape index (κ3) is 1.92. The summed E-state index contributed by atoms with van der Waals surface area (Å²) < 4.78 is 10.3. The summed E-state index contributed by atoms with van der Waals surface area (Å²) in [6.07, 6.45) is 5.54. The minimum atomic E-state index is 0.114. The summed E-state index contributed by atoms with van der Waals surface area (Å²) in [6.45, 7) is 1.69. The number of ether oxygens (including phenoxy) is 1. The Labute approximate surface area is 77.9 Å². The minimum absolute atomic E-state index is 0.114. The molecular formula is C10H15NO2. The van der Waals surface area contributed by atoms with Crippen molar-refractivity contribution in [2.45, 2.75) is 18.9 Å². The summed E-state index contributed by atoms with van der Waals surface area (Å²) in [6, 6.07) is 2.06. The molecule has 1 saturated heterocycles. The summed E-state index contributed by atoms with van der Waals surface area (Å²) >= 11 is 0. The first-order chi connectivity index (χ1) is 6.38. The lowest BCUT2D eigenvalue weighted by atomic mass is 9.89. The van der Waals surface area contributed by atoms with Crippen LogP contribution in [0.2, 0.25) is 0 Å². The summed E-state index contributed by atoms with van der Waals surface area (Å²) in [4.78, 5) is 0. The number of furan rings is 1. The zero-order valence-electron chi connectivity index (χ0n) is 7.61. The van der Waals surface area contributed by atoms with E-state index >= 15 is 0 Å². The lowest BCUT2D eigenvalue weighted by Gasteiger charge is -2.26. The molecular weight excluding hydrogens is 166 g/mol. The van der Waals surface area contributed by atoms with E-state index in [9.17, 15) is 0 Å². The van der Waals surface area contributed by atoms with E-state index < -0.39 is 0 Å². The van der Waals surface area contributed by atoms with Gasteiger partial charge < -0.3 is 14.9 Å². The highest BCUT2D eigenvalue weighted by Crippen LogP contribution is 2.27. The fourth-order valence-corrected chi connectivity index (χ4v) is 1.81. The molecule has 1 atom stereocenters. The summed E-state index contributed by atoms with van der Waals surface area (Å²) in [7, 11) is 0. The second-order valence-corrected chi connectivity index (χ2v) is 3.53. The second-order valence-electron chi connectivity index (χ2n) is 3.53. The maximum Gasteiger partial charge on any atom is 0.0950 e. The predicted molar refractivity (Wildman–Crippen MR) is 49.2 cm³/mol. The van der Waals surface area contributed by atoms with Crippen molar-refractivity contribution in [2.75, 3.05) is 13.2 Å². The van der Waals surface area contributed by atoms with Crippen molar-refractivity contribution in [3.63, 3.8) is 0 Å². The van der Waals surface area contributed by atoms with Crippen LogP contribution in [0.1, 0.15) is 24.4 Å². The third-order valence-corrected chi connectivity index (χ3v) is 2.70. The summed E-state index contributed by atoms with van der Waals surface area (Å²) in [5, 5.41) is 0. The average molecular weight is 181 g/mol. The standard InChI is InChI=1S/C10H15NO2/c11-10(9-3-6-13-7-9)8-1-4-12-5-2-8/h3,6-8,10H,1-2,4-5,11H2/t10-/m1/s1. The van der Waals surface area contributed by atoms with Gasteiger partial charge in [-0.25, -0.2) is 0 Å². The van der Waals surface area contributed by atoms with Crippen molar-refractivity contribution in [1.29, 1.82) is 0 Å². The molecule has 0 spiro atoms. The van der Waals surface area contributed by atoms with Crippen molar-refractivity contribution >= 4 is 0 Å². The highest BCUT2D eigenvalue weighted by molar-refractivity contribution is 5.12. The zero-order chi connectivity index (χ0) is 9.10. The first kappa shape index (κ1) is 8.78. The van der Waals surface area contributed by atoms with Gasteiger partial charge in [0.1, 0.15) is 0 Å². The number of hydrogen-bond acceptors (Lipinski definition) is 3. The summed E-state index contributed by atoms with van der Waals surface area (Å²) in [5.74, 6) is 0.548. The van der Waals surface area contributed by atoms with Crippen LogP contribution in [0.15, 0.2) is 23.0 Å². The molecule has 2 rings (SSSR count).